The number of carbonyl (C=O) groups is 1. The first-order chi connectivity index (χ1) is 13.2. The second-order valence-electron chi connectivity index (χ2n) is 6.41. The van der Waals surface area contributed by atoms with Crippen LogP contribution in [0.4, 0.5) is 5.69 Å². The average Bonchev–Trinajstić information content (AvgIpc) is 3.31. The van der Waals surface area contributed by atoms with Crippen molar-refractivity contribution < 1.29 is 14.3 Å². The fourth-order valence-corrected chi connectivity index (χ4v) is 3.25. The first kappa shape index (κ1) is 17.1. The highest BCUT2D eigenvalue weighted by atomic mass is 16.5. The van der Waals surface area contributed by atoms with Crippen LogP contribution < -0.4 is 14.8 Å². The van der Waals surface area contributed by atoms with Gasteiger partial charge in [0.05, 0.1) is 19.0 Å². The van der Waals surface area contributed by atoms with Gasteiger partial charge in [-0.2, -0.15) is 0 Å². The molecule has 138 valence electrons. The highest BCUT2D eigenvalue weighted by Crippen LogP contribution is 2.26. The molecule has 1 aliphatic rings. The minimum absolute atomic E-state index is 0.0644. The number of rotatable bonds is 6. The van der Waals surface area contributed by atoms with Crippen LogP contribution in [0.5, 0.6) is 11.5 Å². The van der Waals surface area contributed by atoms with Gasteiger partial charge in [-0.25, -0.2) is 4.98 Å². The van der Waals surface area contributed by atoms with Gasteiger partial charge in [0, 0.05) is 24.7 Å². The number of aryl methyl sites for hydroxylation is 1. The Morgan fingerprint density at radius 3 is 2.81 bits per heavy atom. The van der Waals surface area contributed by atoms with Crippen LogP contribution >= 0.6 is 0 Å². The molecule has 0 spiro atoms. The molecule has 0 unspecified atom stereocenters. The first-order valence-corrected chi connectivity index (χ1v) is 8.94. The Kier molecular flexibility index (Phi) is 4.78. The lowest BCUT2D eigenvalue weighted by Gasteiger charge is -2.09. The summed E-state index contributed by atoms with van der Waals surface area (Å²) in [5.41, 5.74) is 2.96. The molecule has 6 heteroatoms. The Hall–Kier alpha value is -3.28. The third-order valence-electron chi connectivity index (χ3n) is 4.60. The molecule has 1 N–H and O–H groups in total. The largest absolute Gasteiger partial charge is 0.497 e. The normalized spacial score (nSPS) is 12.5. The lowest BCUT2D eigenvalue weighted by molar-refractivity contribution is -0.118. The van der Waals surface area contributed by atoms with Gasteiger partial charge in [0.2, 0.25) is 0 Å². The van der Waals surface area contributed by atoms with E-state index in [2.05, 4.69) is 14.9 Å². The van der Waals surface area contributed by atoms with E-state index in [4.69, 9.17) is 9.47 Å². The van der Waals surface area contributed by atoms with Crippen LogP contribution in [0.25, 0.3) is 11.3 Å². The lowest BCUT2D eigenvalue weighted by Crippen LogP contribution is -2.20. The number of methoxy groups -OCH3 is 1. The van der Waals surface area contributed by atoms with Gasteiger partial charge in [0.25, 0.3) is 5.91 Å². The molecule has 3 aromatic rings. The van der Waals surface area contributed by atoms with E-state index in [0.717, 1.165) is 42.2 Å². The van der Waals surface area contributed by atoms with Gasteiger partial charge >= 0.3 is 0 Å². The molecular weight excluding hydrogens is 342 g/mol. The number of amides is 1. The van der Waals surface area contributed by atoms with Gasteiger partial charge in [-0.15, -0.1) is 0 Å². The summed E-state index contributed by atoms with van der Waals surface area (Å²) in [4.78, 5) is 16.6. The SMILES string of the molecule is COc1cccc(OCC(=O)Nc2ccc(-c3cnc4n3CCC4)cc2)c1. The van der Waals surface area contributed by atoms with Crippen LogP contribution in [-0.4, -0.2) is 29.2 Å². The van der Waals surface area contributed by atoms with E-state index in [9.17, 15) is 4.79 Å². The third kappa shape index (κ3) is 3.79. The molecule has 0 bridgehead atoms. The van der Waals surface area contributed by atoms with Crippen molar-refractivity contribution in [2.24, 2.45) is 0 Å². The van der Waals surface area contributed by atoms with Crippen molar-refractivity contribution in [1.82, 2.24) is 9.55 Å². The monoisotopic (exact) mass is 363 g/mol. The smallest absolute Gasteiger partial charge is 0.262 e. The molecule has 6 nitrogen and oxygen atoms in total. The minimum atomic E-state index is -0.212. The summed E-state index contributed by atoms with van der Waals surface area (Å²) in [5, 5.41) is 2.85. The Balaban J connectivity index is 1.36. The van der Waals surface area contributed by atoms with E-state index in [1.807, 2.05) is 42.6 Å². The van der Waals surface area contributed by atoms with E-state index >= 15 is 0 Å². The highest BCUT2D eigenvalue weighted by Gasteiger charge is 2.16. The maximum Gasteiger partial charge on any atom is 0.262 e. The van der Waals surface area contributed by atoms with Crippen molar-refractivity contribution in [3.8, 4) is 22.8 Å². The zero-order valence-corrected chi connectivity index (χ0v) is 15.1. The molecule has 4 rings (SSSR count). The third-order valence-corrected chi connectivity index (χ3v) is 4.60. The quantitative estimate of drug-likeness (QED) is 0.728. The molecule has 0 atom stereocenters. The van der Waals surface area contributed by atoms with Gasteiger partial charge in [-0.3, -0.25) is 4.79 Å². The zero-order valence-electron chi connectivity index (χ0n) is 15.1. The summed E-state index contributed by atoms with van der Waals surface area (Å²) in [5.74, 6) is 2.22. The van der Waals surface area contributed by atoms with Crippen LogP contribution in [0.2, 0.25) is 0 Å². The minimum Gasteiger partial charge on any atom is -0.497 e. The summed E-state index contributed by atoms with van der Waals surface area (Å²) in [6, 6.07) is 15.0. The standard InChI is InChI=1S/C21H21N3O3/c1-26-17-4-2-5-18(12-17)27-14-21(25)23-16-9-7-15(8-10-16)19-13-22-20-6-3-11-24(19)20/h2,4-5,7-10,12-13H,3,6,11,14H2,1H3,(H,23,25). The van der Waals surface area contributed by atoms with Gasteiger partial charge < -0.3 is 19.4 Å². The van der Waals surface area contributed by atoms with E-state index in [1.165, 1.54) is 0 Å². The molecule has 0 radical (unpaired) electrons. The van der Waals surface area contributed by atoms with Gasteiger partial charge in [0.15, 0.2) is 6.61 Å². The first-order valence-electron chi connectivity index (χ1n) is 8.94. The summed E-state index contributed by atoms with van der Waals surface area (Å²) in [7, 11) is 1.59. The zero-order chi connectivity index (χ0) is 18.6. The molecular formula is C21H21N3O3. The van der Waals surface area contributed by atoms with Crippen molar-refractivity contribution in [3.63, 3.8) is 0 Å². The molecule has 1 aliphatic heterocycles. The number of ether oxygens (including phenoxy) is 2. The van der Waals surface area contributed by atoms with Gasteiger partial charge in [-0.1, -0.05) is 18.2 Å². The average molecular weight is 363 g/mol. The summed E-state index contributed by atoms with van der Waals surface area (Å²) in [6.07, 6.45) is 4.11. The molecule has 2 heterocycles. The number of carbonyl (C=O) groups excluding carboxylic acids is 1. The van der Waals surface area contributed by atoms with E-state index in [-0.39, 0.29) is 12.5 Å². The highest BCUT2D eigenvalue weighted by molar-refractivity contribution is 5.92. The lowest BCUT2D eigenvalue weighted by atomic mass is 10.1. The second kappa shape index (κ2) is 7.53. The van der Waals surface area contributed by atoms with Crippen LogP contribution in [0.3, 0.4) is 0 Å². The predicted molar refractivity (Wildman–Crippen MR) is 103 cm³/mol. The number of hydrogen-bond donors (Lipinski definition) is 1. The molecule has 1 amide bonds. The number of aromatic nitrogens is 2. The van der Waals surface area contributed by atoms with Crippen LogP contribution in [0.1, 0.15) is 12.2 Å². The Bertz CT molecular complexity index is 948. The fourth-order valence-electron chi connectivity index (χ4n) is 3.25. The number of nitrogens with one attached hydrogen (secondary N) is 1. The molecule has 0 saturated carbocycles. The van der Waals surface area contributed by atoms with Crippen molar-refractivity contribution in [3.05, 3.63) is 60.6 Å². The van der Waals surface area contributed by atoms with Gasteiger partial charge in [-0.05, 0) is 36.2 Å². The number of anilines is 1. The number of imidazole rings is 1. The van der Waals surface area contributed by atoms with Gasteiger partial charge in [0.1, 0.15) is 17.3 Å². The fraction of sp³-hybridized carbons (Fsp3) is 0.238. The maximum absolute atomic E-state index is 12.1. The maximum atomic E-state index is 12.1. The number of benzene rings is 2. The molecule has 0 saturated heterocycles. The van der Waals surface area contributed by atoms with Crippen LogP contribution in [-0.2, 0) is 17.8 Å². The number of nitrogens with zero attached hydrogens (tertiary/aromatic N) is 2. The Morgan fingerprint density at radius 2 is 2.00 bits per heavy atom. The van der Waals surface area contributed by atoms with Crippen LogP contribution in [0.15, 0.2) is 54.7 Å². The topological polar surface area (TPSA) is 65.4 Å². The van der Waals surface area contributed by atoms with E-state index < -0.39 is 0 Å². The molecule has 1 aromatic heterocycles. The second-order valence-corrected chi connectivity index (χ2v) is 6.41. The van der Waals surface area contributed by atoms with E-state index in [0.29, 0.717) is 11.5 Å². The summed E-state index contributed by atoms with van der Waals surface area (Å²) < 4.78 is 12.9. The van der Waals surface area contributed by atoms with Crippen molar-refractivity contribution in [2.45, 2.75) is 19.4 Å². The van der Waals surface area contributed by atoms with Crippen molar-refractivity contribution in [1.29, 1.82) is 0 Å². The van der Waals surface area contributed by atoms with Crippen molar-refractivity contribution >= 4 is 11.6 Å². The van der Waals surface area contributed by atoms with Crippen LogP contribution in [0, 0.1) is 0 Å². The number of hydrogen-bond acceptors (Lipinski definition) is 4. The van der Waals surface area contributed by atoms with E-state index in [1.54, 1.807) is 19.2 Å². The number of fused-ring (bicyclic) bond motifs is 1. The molecule has 27 heavy (non-hydrogen) atoms. The molecule has 2 aromatic carbocycles. The summed E-state index contributed by atoms with van der Waals surface area (Å²) >= 11 is 0. The summed E-state index contributed by atoms with van der Waals surface area (Å²) in [6.45, 7) is 0.954. The predicted octanol–water partition coefficient (Wildman–Crippen LogP) is 3.52. The Labute approximate surface area is 157 Å². The Morgan fingerprint density at radius 1 is 1.19 bits per heavy atom. The molecule has 0 fully saturated rings. The molecule has 0 aliphatic carbocycles. The van der Waals surface area contributed by atoms with Crippen molar-refractivity contribution in [2.75, 3.05) is 19.0 Å².